The van der Waals surface area contributed by atoms with E-state index in [9.17, 15) is 19.2 Å². The predicted octanol–water partition coefficient (Wildman–Crippen LogP) is 5.51. The van der Waals surface area contributed by atoms with Crippen molar-refractivity contribution in [1.82, 2.24) is 14.9 Å². The Labute approximate surface area is 252 Å². The number of Topliss-reactive ketones (excluding diaryl/α,β-unsaturated/α-hetero) is 1. The first kappa shape index (κ1) is 30.4. The number of hydrogen-bond acceptors (Lipinski definition) is 7. The van der Waals surface area contributed by atoms with Crippen LogP contribution in [0.4, 0.5) is 4.79 Å². The van der Waals surface area contributed by atoms with Gasteiger partial charge in [0, 0.05) is 28.5 Å². The first-order valence-electron chi connectivity index (χ1n) is 15.2. The molecule has 2 atom stereocenters. The van der Waals surface area contributed by atoms with Crippen molar-refractivity contribution in [2.24, 2.45) is 5.92 Å². The molecule has 1 N–H and O–H groups in total. The van der Waals surface area contributed by atoms with Gasteiger partial charge in [0.1, 0.15) is 11.6 Å². The molecule has 3 aromatic rings. The minimum absolute atomic E-state index is 0.0725. The highest BCUT2D eigenvalue weighted by Gasteiger charge is 2.49. The molecule has 0 saturated heterocycles. The summed E-state index contributed by atoms with van der Waals surface area (Å²) >= 11 is 0. The van der Waals surface area contributed by atoms with Crippen molar-refractivity contribution >= 4 is 28.7 Å². The lowest BCUT2D eigenvalue weighted by Crippen LogP contribution is -2.52. The molecule has 1 unspecified atom stereocenters. The Morgan fingerprint density at radius 3 is 2.44 bits per heavy atom. The number of aromatic nitrogens is 2. The molecule has 0 fully saturated rings. The number of pyridine rings is 2. The van der Waals surface area contributed by atoms with Crippen LogP contribution >= 0.6 is 0 Å². The second kappa shape index (κ2) is 10.9. The van der Waals surface area contributed by atoms with Crippen LogP contribution in [0.15, 0.2) is 29.1 Å². The molecule has 5 rings (SSSR count). The van der Waals surface area contributed by atoms with Gasteiger partial charge in [0.25, 0.3) is 5.56 Å². The lowest BCUT2D eigenvalue weighted by Gasteiger charge is -2.38. The summed E-state index contributed by atoms with van der Waals surface area (Å²) < 4.78 is 13.2. The highest BCUT2D eigenvalue weighted by molar-refractivity contribution is 5.95. The number of fused-ring (bicyclic) bond motifs is 5. The van der Waals surface area contributed by atoms with Crippen LogP contribution in [0.1, 0.15) is 89.1 Å². The van der Waals surface area contributed by atoms with Crippen molar-refractivity contribution < 1.29 is 23.9 Å². The SMILES string of the molecule is CCc1c2c(nc3ccc(C)cc13)-c1cc3c(c(=O)n1C2)CCC(=O)[C@@]3(CC)OC(=O)C(NC(=O)OC(C)(C)C)C(C)C. The molecule has 0 bridgehead atoms. The highest BCUT2D eigenvalue weighted by Crippen LogP contribution is 2.43. The zero-order valence-corrected chi connectivity index (χ0v) is 26.3. The number of ether oxygens (including phenoxy) is 2. The fraction of sp³-hybridized carbons (Fsp3) is 0.500. The van der Waals surface area contributed by atoms with Gasteiger partial charge in [-0.05, 0) is 76.6 Å². The second-order valence-electron chi connectivity index (χ2n) is 13.0. The van der Waals surface area contributed by atoms with Crippen molar-refractivity contribution in [3.8, 4) is 11.4 Å². The molecule has 228 valence electrons. The summed E-state index contributed by atoms with van der Waals surface area (Å²) in [4.78, 5) is 59.0. The van der Waals surface area contributed by atoms with E-state index in [2.05, 4.69) is 25.2 Å². The Morgan fingerprint density at radius 2 is 1.81 bits per heavy atom. The standard InChI is InChI=1S/C34H41N3O6/c1-9-20-22-15-19(5)11-13-25(22)35-29-23(20)17-37-26(29)16-24-21(30(37)39)12-14-27(38)34(24,10-2)42-31(40)28(18(3)4)36-32(41)43-33(6,7)8/h11,13,15-16,18,28H,9-10,12,14,17H2,1-8H3,(H,36,41)/t28?,34-/m0/s1. The van der Waals surface area contributed by atoms with Crippen molar-refractivity contribution in [2.75, 3.05) is 0 Å². The Morgan fingerprint density at radius 1 is 1.09 bits per heavy atom. The van der Waals surface area contributed by atoms with Crippen LogP contribution in [0, 0.1) is 12.8 Å². The van der Waals surface area contributed by atoms with E-state index in [4.69, 9.17) is 14.5 Å². The molecule has 43 heavy (non-hydrogen) atoms. The van der Waals surface area contributed by atoms with Crippen LogP contribution in [0.2, 0.25) is 0 Å². The van der Waals surface area contributed by atoms with Gasteiger partial charge < -0.3 is 19.4 Å². The molecular formula is C34H41N3O6. The monoisotopic (exact) mass is 587 g/mol. The maximum absolute atomic E-state index is 14.0. The molecule has 0 spiro atoms. The minimum Gasteiger partial charge on any atom is -0.445 e. The Hall–Kier alpha value is -4.01. The summed E-state index contributed by atoms with van der Waals surface area (Å²) in [5.74, 6) is -1.37. The maximum Gasteiger partial charge on any atom is 0.408 e. The minimum atomic E-state index is -1.66. The summed E-state index contributed by atoms with van der Waals surface area (Å²) in [5, 5.41) is 3.70. The average Bonchev–Trinajstić information content (AvgIpc) is 3.29. The van der Waals surface area contributed by atoms with E-state index in [0.29, 0.717) is 29.1 Å². The van der Waals surface area contributed by atoms with Crippen LogP contribution in [-0.2, 0) is 44.1 Å². The third-order valence-electron chi connectivity index (χ3n) is 8.53. The lowest BCUT2D eigenvalue weighted by molar-refractivity contribution is -0.173. The summed E-state index contributed by atoms with van der Waals surface area (Å²) in [6.07, 6.45) is 0.508. The van der Waals surface area contributed by atoms with Crippen molar-refractivity contribution in [2.45, 2.75) is 105 Å². The third kappa shape index (κ3) is 5.23. The second-order valence-corrected chi connectivity index (χ2v) is 13.0. The zero-order valence-electron chi connectivity index (χ0n) is 26.3. The van der Waals surface area contributed by atoms with Crippen LogP contribution in [0.3, 0.4) is 0 Å². The zero-order chi connectivity index (χ0) is 31.4. The summed E-state index contributed by atoms with van der Waals surface area (Å²) in [6.45, 7) is 15.1. The molecule has 1 aliphatic carbocycles. The smallest absolute Gasteiger partial charge is 0.408 e. The topological polar surface area (TPSA) is 117 Å². The first-order chi connectivity index (χ1) is 20.2. The van der Waals surface area contributed by atoms with Gasteiger partial charge in [-0.25, -0.2) is 14.6 Å². The fourth-order valence-electron chi connectivity index (χ4n) is 6.40. The lowest BCUT2D eigenvalue weighted by atomic mass is 9.76. The number of esters is 1. The van der Waals surface area contributed by atoms with E-state index < -0.39 is 29.3 Å². The number of benzene rings is 1. The predicted molar refractivity (Wildman–Crippen MR) is 164 cm³/mol. The summed E-state index contributed by atoms with van der Waals surface area (Å²) in [7, 11) is 0. The largest absolute Gasteiger partial charge is 0.445 e. The van der Waals surface area contributed by atoms with E-state index in [-0.39, 0.29) is 36.5 Å². The van der Waals surface area contributed by atoms with Gasteiger partial charge in [0.05, 0.1) is 23.4 Å². The molecule has 1 amide bonds. The highest BCUT2D eigenvalue weighted by atomic mass is 16.6. The van der Waals surface area contributed by atoms with Gasteiger partial charge in [0.15, 0.2) is 11.4 Å². The number of carbonyl (C=O) groups is 3. The van der Waals surface area contributed by atoms with Gasteiger partial charge in [-0.3, -0.25) is 9.59 Å². The Balaban J connectivity index is 1.61. The van der Waals surface area contributed by atoms with E-state index in [1.54, 1.807) is 46.1 Å². The average molecular weight is 588 g/mol. The number of hydrogen-bond donors (Lipinski definition) is 1. The number of rotatable bonds is 6. The molecule has 3 heterocycles. The fourth-order valence-corrected chi connectivity index (χ4v) is 6.40. The van der Waals surface area contributed by atoms with Gasteiger partial charge in [-0.15, -0.1) is 0 Å². The van der Waals surface area contributed by atoms with Gasteiger partial charge >= 0.3 is 12.1 Å². The number of nitrogens with one attached hydrogen (secondary N) is 1. The van der Waals surface area contributed by atoms with E-state index in [0.717, 1.165) is 34.0 Å². The van der Waals surface area contributed by atoms with Crippen LogP contribution in [0.5, 0.6) is 0 Å². The van der Waals surface area contributed by atoms with Gasteiger partial charge in [-0.1, -0.05) is 39.3 Å². The maximum atomic E-state index is 14.0. The molecule has 1 aromatic carbocycles. The number of amides is 1. The van der Waals surface area contributed by atoms with Gasteiger partial charge in [-0.2, -0.15) is 0 Å². The Kier molecular flexibility index (Phi) is 7.73. The number of carbonyl (C=O) groups excluding carboxylic acids is 3. The first-order valence-corrected chi connectivity index (χ1v) is 15.2. The van der Waals surface area contributed by atoms with Crippen LogP contribution in [0.25, 0.3) is 22.3 Å². The molecule has 2 aromatic heterocycles. The van der Waals surface area contributed by atoms with E-state index in [1.165, 1.54) is 0 Å². The molecule has 9 heteroatoms. The molecule has 1 aliphatic heterocycles. The van der Waals surface area contributed by atoms with E-state index in [1.807, 2.05) is 18.2 Å². The molecule has 0 saturated carbocycles. The number of alkyl carbamates (subject to hydrolysis) is 1. The van der Waals surface area contributed by atoms with Gasteiger partial charge in [0.2, 0.25) is 0 Å². The molecule has 9 nitrogen and oxygen atoms in total. The van der Waals surface area contributed by atoms with E-state index >= 15 is 0 Å². The van der Waals surface area contributed by atoms with Crippen molar-refractivity contribution in [3.05, 3.63) is 62.4 Å². The molecular weight excluding hydrogens is 546 g/mol. The quantitative estimate of drug-likeness (QED) is 0.296. The molecule has 0 radical (unpaired) electrons. The van der Waals surface area contributed by atoms with Crippen LogP contribution < -0.4 is 10.9 Å². The van der Waals surface area contributed by atoms with Crippen molar-refractivity contribution in [3.63, 3.8) is 0 Å². The Bertz CT molecular complexity index is 1710. The summed E-state index contributed by atoms with van der Waals surface area (Å²) in [6, 6.07) is 6.92. The summed E-state index contributed by atoms with van der Waals surface area (Å²) in [5.41, 5.74) is 3.76. The number of ketones is 1. The van der Waals surface area contributed by atoms with Crippen molar-refractivity contribution in [1.29, 1.82) is 0 Å². The number of aryl methyl sites for hydroxylation is 2. The molecule has 2 aliphatic rings. The normalized spacial score (nSPS) is 18.2. The van der Waals surface area contributed by atoms with Crippen LogP contribution in [-0.4, -0.2) is 39.0 Å². The number of nitrogens with zero attached hydrogens (tertiary/aromatic N) is 2. The third-order valence-corrected chi connectivity index (χ3v) is 8.53.